The van der Waals surface area contributed by atoms with Crippen LogP contribution >= 0.6 is 0 Å². The van der Waals surface area contributed by atoms with E-state index in [0.29, 0.717) is 18.2 Å². The Balaban J connectivity index is 1.86. The van der Waals surface area contributed by atoms with Gasteiger partial charge in [-0.25, -0.2) is 0 Å². The van der Waals surface area contributed by atoms with Crippen LogP contribution in [0, 0.1) is 5.92 Å². The Labute approximate surface area is 108 Å². The van der Waals surface area contributed by atoms with E-state index in [1.54, 1.807) is 0 Å². The molecule has 1 atom stereocenters. The van der Waals surface area contributed by atoms with Gasteiger partial charge >= 0.3 is 0 Å². The molecule has 0 aromatic heterocycles. The number of β-amino-alcohol motifs (C(OH)–C–C–N with tert-alkyl or cyclic N) is 1. The standard InChI is InChI=1S/C14H22N2O2/c15-13-3-1-2-12(8-13)14(18)9-16-6-4-11(10-17)5-7-16/h1-3,8,11,14,17-18H,4-7,9-10,15H2. The average Bonchev–Trinajstić information content (AvgIpc) is 2.39. The van der Waals surface area contributed by atoms with Gasteiger partial charge in [0.2, 0.25) is 0 Å². The summed E-state index contributed by atoms with van der Waals surface area (Å²) in [6, 6.07) is 7.42. The van der Waals surface area contributed by atoms with Crippen molar-refractivity contribution < 1.29 is 10.2 Å². The molecule has 1 aliphatic heterocycles. The molecule has 1 saturated heterocycles. The Bertz CT molecular complexity index is 376. The molecule has 1 aliphatic rings. The maximum Gasteiger partial charge on any atom is 0.0917 e. The molecule has 100 valence electrons. The van der Waals surface area contributed by atoms with Crippen molar-refractivity contribution in [2.75, 3.05) is 32.0 Å². The van der Waals surface area contributed by atoms with Crippen LogP contribution in [0.3, 0.4) is 0 Å². The Morgan fingerprint density at radius 1 is 1.33 bits per heavy atom. The summed E-state index contributed by atoms with van der Waals surface area (Å²) in [5, 5.41) is 19.3. The fourth-order valence-corrected chi connectivity index (χ4v) is 2.47. The van der Waals surface area contributed by atoms with Crippen LogP contribution in [0.1, 0.15) is 24.5 Å². The molecular weight excluding hydrogens is 228 g/mol. The molecule has 4 N–H and O–H groups in total. The van der Waals surface area contributed by atoms with Crippen molar-refractivity contribution in [3.05, 3.63) is 29.8 Å². The number of nitrogens with zero attached hydrogens (tertiary/aromatic N) is 1. The van der Waals surface area contributed by atoms with E-state index >= 15 is 0 Å². The summed E-state index contributed by atoms with van der Waals surface area (Å²) in [5.41, 5.74) is 7.27. The number of likely N-dealkylation sites (tertiary alicyclic amines) is 1. The molecule has 1 aromatic carbocycles. The highest BCUT2D eigenvalue weighted by molar-refractivity contribution is 5.41. The Hall–Kier alpha value is -1.10. The molecule has 0 amide bonds. The molecule has 0 saturated carbocycles. The number of rotatable bonds is 4. The van der Waals surface area contributed by atoms with Crippen LogP contribution in [0.15, 0.2) is 24.3 Å². The predicted molar refractivity (Wildman–Crippen MR) is 72.1 cm³/mol. The van der Waals surface area contributed by atoms with Gasteiger partial charge in [-0.3, -0.25) is 0 Å². The summed E-state index contributed by atoms with van der Waals surface area (Å²) >= 11 is 0. The van der Waals surface area contributed by atoms with E-state index in [9.17, 15) is 5.11 Å². The summed E-state index contributed by atoms with van der Waals surface area (Å²) in [4.78, 5) is 2.25. The van der Waals surface area contributed by atoms with Crippen molar-refractivity contribution >= 4 is 5.69 Å². The van der Waals surface area contributed by atoms with Crippen LogP contribution in [-0.4, -0.2) is 41.4 Å². The lowest BCUT2D eigenvalue weighted by Gasteiger charge is -2.32. The van der Waals surface area contributed by atoms with Gasteiger partial charge in [-0.15, -0.1) is 0 Å². The first kappa shape index (κ1) is 13.3. The Morgan fingerprint density at radius 2 is 2.06 bits per heavy atom. The third kappa shape index (κ3) is 3.45. The smallest absolute Gasteiger partial charge is 0.0917 e. The van der Waals surface area contributed by atoms with Gasteiger partial charge in [-0.05, 0) is 49.5 Å². The molecular formula is C14H22N2O2. The molecule has 4 heteroatoms. The van der Waals surface area contributed by atoms with Crippen LogP contribution in [0.2, 0.25) is 0 Å². The first-order valence-corrected chi connectivity index (χ1v) is 6.55. The molecule has 1 aromatic rings. The minimum atomic E-state index is -0.487. The van der Waals surface area contributed by atoms with E-state index in [4.69, 9.17) is 10.8 Å². The van der Waals surface area contributed by atoms with Crippen molar-refractivity contribution in [2.45, 2.75) is 18.9 Å². The first-order valence-electron chi connectivity index (χ1n) is 6.55. The Morgan fingerprint density at radius 3 is 2.67 bits per heavy atom. The zero-order valence-electron chi connectivity index (χ0n) is 10.6. The number of aliphatic hydroxyl groups is 2. The summed E-state index contributed by atoms with van der Waals surface area (Å²) in [6.45, 7) is 2.82. The third-order valence-corrected chi connectivity index (χ3v) is 3.69. The summed E-state index contributed by atoms with van der Waals surface area (Å²) in [5.74, 6) is 0.436. The van der Waals surface area contributed by atoms with Gasteiger partial charge < -0.3 is 20.8 Å². The number of nitrogen functional groups attached to an aromatic ring is 1. The number of anilines is 1. The van der Waals surface area contributed by atoms with Crippen LogP contribution in [0.5, 0.6) is 0 Å². The van der Waals surface area contributed by atoms with E-state index in [1.807, 2.05) is 24.3 Å². The van der Waals surface area contributed by atoms with Gasteiger partial charge in [0.15, 0.2) is 0 Å². The minimum absolute atomic E-state index is 0.283. The molecule has 0 spiro atoms. The maximum absolute atomic E-state index is 10.2. The van der Waals surface area contributed by atoms with Crippen molar-refractivity contribution in [1.29, 1.82) is 0 Å². The maximum atomic E-state index is 10.2. The molecule has 0 bridgehead atoms. The summed E-state index contributed by atoms with van der Waals surface area (Å²) in [6.07, 6.45) is 1.54. The van der Waals surface area contributed by atoms with E-state index in [2.05, 4.69) is 4.90 Å². The van der Waals surface area contributed by atoms with Gasteiger partial charge in [0.1, 0.15) is 0 Å². The minimum Gasteiger partial charge on any atom is -0.399 e. The second-order valence-electron chi connectivity index (χ2n) is 5.11. The quantitative estimate of drug-likeness (QED) is 0.697. The zero-order valence-corrected chi connectivity index (χ0v) is 10.6. The van der Waals surface area contributed by atoms with Gasteiger partial charge in [0.25, 0.3) is 0 Å². The van der Waals surface area contributed by atoms with Crippen LogP contribution in [0.4, 0.5) is 5.69 Å². The summed E-state index contributed by atoms with van der Waals surface area (Å²) in [7, 11) is 0. The molecule has 2 rings (SSSR count). The number of piperidine rings is 1. The topological polar surface area (TPSA) is 69.7 Å². The zero-order chi connectivity index (χ0) is 13.0. The highest BCUT2D eigenvalue weighted by Gasteiger charge is 2.20. The number of hydrogen-bond acceptors (Lipinski definition) is 4. The molecule has 0 radical (unpaired) electrons. The fourth-order valence-electron chi connectivity index (χ4n) is 2.47. The van der Waals surface area contributed by atoms with Crippen molar-refractivity contribution in [1.82, 2.24) is 4.90 Å². The Kier molecular flexibility index (Phi) is 4.58. The summed E-state index contributed by atoms with van der Waals surface area (Å²) < 4.78 is 0. The van der Waals surface area contributed by atoms with Crippen molar-refractivity contribution in [3.63, 3.8) is 0 Å². The number of benzene rings is 1. The number of hydrogen-bond donors (Lipinski definition) is 3. The molecule has 4 nitrogen and oxygen atoms in total. The molecule has 18 heavy (non-hydrogen) atoms. The van der Waals surface area contributed by atoms with E-state index < -0.39 is 6.10 Å². The van der Waals surface area contributed by atoms with Crippen LogP contribution in [0.25, 0.3) is 0 Å². The van der Waals surface area contributed by atoms with E-state index in [0.717, 1.165) is 31.5 Å². The second-order valence-corrected chi connectivity index (χ2v) is 5.11. The first-order chi connectivity index (χ1) is 8.69. The van der Waals surface area contributed by atoms with Gasteiger partial charge in [-0.1, -0.05) is 12.1 Å². The third-order valence-electron chi connectivity index (χ3n) is 3.69. The highest BCUT2D eigenvalue weighted by Crippen LogP contribution is 2.21. The van der Waals surface area contributed by atoms with Gasteiger partial charge in [0.05, 0.1) is 6.10 Å². The SMILES string of the molecule is Nc1cccc(C(O)CN2CCC(CO)CC2)c1. The number of aliphatic hydroxyl groups excluding tert-OH is 2. The monoisotopic (exact) mass is 250 g/mol. The van der Waals surface area contributed by atoms with Gasteiger partial charge in [-0.2, -0.15) is 0 Å². The fraction of sp³-hybridized carbons (Fsp3) is 0.571. The highest BCUT2D eigenvalue weighted by atomic mass is 16.3. The molecule has 1 heterocycles. The molecule has 1 unspecified atom stereocenters. The van der Waals surface area contributed by atoms with Crippen molar-refractivity contribution in [2.24, 2.45) is 5.92 Å². The molecule has 1 fully saturated rings. The second kappa shape index (κ2) is 6.18. The van der Waals surface area contributed by atoms with Crippen LogP contribution in [-0.2, 0) is 0 Å². The molecule has 0 aliphatic carbocycles. The predicted octanol–water partition coefficient (Wildman–Crippen LogP) is 1.01. The lowest BCUT2D eigenvalue weighted by atomic mass is 9.97. The van der Waals surface area contributed by atoms with E-state index in [1.165, 1.54) is 0 Å². The lowest BCUT2D eigenvalue weighted by molar-refractivity contribution is 0.0763. The number of nitrogens with two attached hydrogens (primary N) is 1. The van der Waals surface area contributed by atoms with Crippen molar-refractivity contribution in [3.8, 4) is 0 Å². The van der Waals surface area contributed by atoms with Crippen LogP contribution < -0.4 is 5.73 Å². The van der Waals surface area contributed by atoms with E-state index in [-0.39, 0.29) is 6.61 Å². The van der Waals surface area contributed by atoms with Gasteiger partial charge in [0, 0.05) is 18.8 Å². The largest absolute Gasteiger partial charge is 0.399 e. The normalized spacial score (nSPS) is 19.9. The lowest BCUT2D eigenvalue weighted by Crippen LogP contribution is -2.37. The average molecular weight is 250 g/mol.